The van der Waals surface area contributed by atoms with Gasteiger partial charge < -0.3 is 10.1 Å². The second-order valence-electron chi connectivity index (χ2n) is 5.22. The van der Waals surface area contributed by atoms with E-state index >= 15 is 0 Å². The van der Waals surface area contributed by atoms with Crippen LogP contribution in [0.1, 0.15) is 43.0 Å². The van der Waals surface area contributed by atoms with Crippen LogP contribution in [-0.4, -0.2) is 18.6 Å². The molecule has 20 heavy (non-hydrogen) atoms. The standard InChI is InChI=1S/C15H19F2NO2/c1-10-6-2-4-8-12(10)18-14(19)11-7-3-5-9-13(11)20-15(16)17/h3,5,7,9-10,12,15H,2,4,6,8H2,1H3,(H,18,19)/t10-,12-/m1/s1. The number of alkyl halides is 2. The van der Waals surface area contributed by atoms with E-state index in [0.29, 0.717) is 5.92 Å². The van der Waals surface area contributed by atoms with Crippen LogP contribution in [0.5, 0.6) is 5.75 Å². The van der Waals surface area contributed by atoms with Gasteiger partial charge in [0.1, 0.15) is 5.75 Å². The third-order valence-electron chi connectivity index (χ3n) is 3.78. The average Bonchev–Trinajstić information content (AvgIpc) is 2.41. The van der Waals surface area contributed by atoms with Crippen molar-refractivity contribution in [2.24, 2.45) is 5.92 Å². The molecule has 3 nitrogen and oxygen atoms in total. The van der Waals surface area contributed by atoms with Crippen LogP contribution < -0.4 is 10.1 Å². The van der Waals surface area contributed by atoms with E-state index in [2.05, 4.69) is 17.0 Å². The Morgan fingerprint density at radius 2 is 2.00 bits per heavy atom. The average molecular weight is 283 g/mol. The number of hydrogen-bond donors (Lipinski definition) is 1. The molecular formula is C15H19F2NO2. The molecule has 1 aliphatic rings. The quantitative estimate of drug-likeness (QED) is 0.917. The van der Waals surface area contributed by atoms with Gasteiger partial charge >= 0.3 is 6.61 Å². The van der Waals surface area contributed by atoms with E-state index in [1.165, 1.54) is 18.6 Å². The molecule has 1 fully saturated rings. The molecule has 0 aliphatic heterocycles. The van der Waals surface area contributed by atoms with Gasteiger partial charge in [-0.15, -0.1) is 0 Å². The summed E-state index contributed by atoms with van der Waals surface area (Å²) in [6.07, 6.45) is 4.29. The summed E-state index contributed by atoms with van der Waals surface area (Å²) >= 11 is 0. The van der Waals surface area contributed by atoms with Crippen LogP contribution in [0, 0.1) is 5.92 Å². The summed E-state index contributed by atoms with van der Waals surface area (Å²) in [5, 5.41) is 2.93. The Hall–Kier alpha value is -1.65. The van der Waals surface area contributed by atoms with E-state index in [1.807, 2.05) is 0 Å². The summed E-state index contributed by atoms with van der Waals surface area (Å²) < 4.78 is 29.0. The van der Waals surface area contributed by atoms with E-state index in [-0.39, 0.29) is 23.3 Å². The highest BCUT2D eigenvalue weighted by atomic mass is 19.3. The lowest BCUT2D eigenvalue weighted by Gasteiger charge is -2.29. The number of carbonyl (C=O) groups excluding carboxylic acids is 1. The number of para-hydroxylation sites is 1. The molecule has 5 heteroatoms. The number of rotatable bonds is 4. The van der Waals surface area contributed by atoms with Gasteiger partial charge in [-0.2, -0.15) is 8.78 Å². The maximum atomic E-state index is 12.3. The molecule has 0 saturated heterocycles. The maximum Gasteiger partial charge on any atom is 0.387 e. The molecule has 0 bridgehead atoms. The zero-order chi connectivity index (χ0) is 14.5. The molecule has 110 valence electrons. The van der Waals surface area contributed by atoms with Gasteiger partial charge in [0.25, 0.3) is 5.91 Å². The predicted octanol–water partition coefficient (Wildman–Crippen LogP) is 3.60. The summed E-state index contributed by atoms with van der Waals surface area (Å²) in [4.78, 5) is 12.2. The van der Waals surface area contributed by atoms with Crippen LogP contribution in [0.2, 0.25) is 0 Å². The zero-order valence-electron chi connectivity index (χ0n) is 11.4. The SMILES string of the molecule is C[C@@H]1CCCC[C@H]1NC(=O)c1ccccc1OC(F)F. The molecule has 1 aromatic rings. The van der Waals surface area contributed by atoms with E-state index in [9.17, 15) is 13.6 Å². The highest BCUT2D eigenvalue weighted by Crippen LogP contribution is 2.25. The molecule has 1 amide bonds. The number of amides is 1. The first-order valence-electron chi connectivity index (χ1n) is 6.92. The van der Waals surface area contributed by atoms with Gasteiger partial charge in [-0.25, -0.2) is 0 Å². The van der Waals surface area contributed by atoms with Crippen molar-refractivity contribution in [2.75, 3.05) is 0 Å². The Labute approximate surface area is 117 Å². The minimum atomic E-state index is -2.93. The summed E-state index contributed by atoms with van der Waals surface area (Å²) in [6, 6.07) is 6.19. The summed E-state index contributed by atoms with van der Waals surface area (Å²) in [5.74, 6) is -0.0145. The maximum absolute atomic E-state index is 12.3. The number of benzene rings is 1. The van der Waals surface area contributed by atoms with Crippen LogP contribution in [0.4, 0.5) is 8.78 Å². The molecule has 1 saturated carbocycles. The number of halogens is 2. The van der Waals surface area contributed by atoms with Gasteiger partial charge in [0.2, 0.25) is 0 Å². The van der Waals surface area contributed by atoms with Crippen LogP contribution in [0.3, 0.4) is 0 Å². The topological polar surface area (TPSA) is 38.3 Å². The third kappa shape index (κ3) is 3.68. The van der Waals surface area contributed by atoms with Gasteiger partial charge in [0.15, 0.2) is 0 Å². The van der Waals surface area contributed by atoms with Crippen molar-refractivity contribution in [3.8, 4) is 5.75 Å². The minimum absolute atomic E-state index is 0.0801. The highest BCUT2D eigenvalue weighted by molar-refractivity contribution is 5.97. The van der Waals surface area contributed by atoms with E-state index in [0.717, 1.165) is 19.3 Å². The Morgan fingerprint density at radius 1 is 1.30 bits per heavy atom. The second-order valence-corrected chi connectivity index (χ2v) is 5.22. The summed E-state index contributed by atoms with van der Waals surface area (Å²) in [7, 11) is 0. The number of nitrogens with one attached hydrogen (secondary N) is 1. The number of carbonyl (C=O) groups is 1. The fourth-order valence-electron chi connectivity index (χ4n) is 2.63. The van der Waals surface area contributed by atoms with Gasteiger partial charge in [0, 0.05) is 6.04 Å². The molecule has 0 aromatic heterocycles. The number of ether oxygens (including phenoxy) is 1. The molecular weight excluding hydrogens is 264 g/mol. The normalized spacial score (nSPS) is 22.6. The van der Waals surface area contributed by atoms with Crippen LogP contribution in [-0.2, 0) is 0 Å². The van der Waals surface area contributed by atoms with Gasteiger partial charge in [-0.1, -0.05) is 31.9 Å². The third-order valence-corrected chi connectivity index (χ3v) is 3.78. The Bertz CT molecular complexity index is 465. The molecule has 1 aliphatic carbocycles. The van der Waals surface area contributed by atoms with E-state index in [1.54, 1.807) is 12.1 Å². The molecule has 0 radical (unpaired) electrons. The van der Waals surface area contributed by atoms with Crippen LogP contribution in [0.15, 0.2) is 24.3 Å². The van der Waals surface area contributed by atoms with Crippen molar-refractivity contribution >= 4 is 5.91 Å². The zero-order valence-corrected chi connectivity index (χ0v) is 11.4. The second kappa shape index (κ2) is 6.68. The first-order chi connectivity index (χ1) is 9.58. The Kier molecular flexibility index (Phi) is 4.93. The number of hydrogen-bond acceptors (Lipinski definition) is 2. The predicted molar refractivity (Wildman–Crippen MR) is 72.0 cm³/mol. The molecule has 0 heterocycles. The van der Waals surface area contributed by atoms with E-state index < -0.39 is 6.61 Å². The highest BCUT2D eigenvalue weighted by Gasteiger charge is 2.24. The van der Waals surface area contributed by atoms with Crippen molar-refractivity contribution in [3.05, 3.63) is 29.8 Å². The van der Waals surface area contributed by atoms with Crippen molar-refractivity contribution in [2.45, 2.75) is 45.3 Å². The lowest BCUT2D eigenvalue weighted by Crippen LogP contribution is -2.41. The summed E-state index contributed by atoms with van der Waals surface area (Å²) in [6.45, 7) is -0.830. The van der Waals surface area contributed by atoms with Crippen molar-refractivity contribution < 1.29 is 18.3 Å². The van der Waals surface area contributed by atoms with Crippen molar-refractivity contribution in [3.63, 3.8) is 0 Å². The molecule has 2 atom stereocenters. The summed E-state index contributed by atoms with van der Waals surface area (Å²) in [5.41, 5.74) is 0.158. The Balaban J connectivity index is 2.08. The molecule has 0 spiro atoms. The van der Waals surface area contributed by atoms with Crippen LogP contribution >= 0.6 is 0 Å². The fourth-order valence-corrected chi connectivity index (χ4v) is 2.63. The smallest absolute Gasteiger partial charge is 0.387 e. The fraction of sp³-hybridized carbons (Fsp3) is 0.533. The van der Waals surface area contributed by atoms with Crippen molar-refractivity contribution in [1.29, 1.82) is 0 Å². The van der Waals surface area contributed by atoms with Gasteiger partial charge in [0.05, 0.1) is 5.56 Å². The first kappa shape index (κ1) is 14.8. The molecule has 2 rings (SSSR count). The Morgan fingerprint density at radius 3 is 2.70 bits per heavy atom. The van der Waals surface area contributed by atoms with Gasteiger partial charge in [-0.05, 0) is 30.9 Å². The van der Waals surface area contributed by atoms with Gasteiger partial charge in [-0.3, -0.25) is 4.79 Å². The van der Waals surface area contributed by atoms with Crippen LogP contribution in [0.25, 0.3) is 0 Å². The van der Waals surface area contributed by atoms with E-state index in [4.69, 9.17) is 0 Å². The lowest BCUT2D eigenvalue weighted by atomic mass is 9.86. The van der Waals surface area contributed by atoms with Crippen molar-refractivity contribution in [1.82, 2.24) is 5.32 Å². The largest absolute Gasteiger partial charge is 0.434 e. The molecule has 1 aromatic carbocycles. The lowest BCUT2D eigenvalue weighted by molar-refractivity contribution is -0.0501. The molecule has 0 unspecified atom stereocenters. The molecule has 1 N–H and O–H groups in total. The minimum Gasteiger partial charge on any atom is -0.434 e. The monoisotopic (exact) mass is 283 g/mol. The first-order valence-corrected chi connectivity index (χ1v) is 6.92.